The molecule has 1 aliphatic heterocycles. The molecule has 3 nitrogen and oxygen atoms in total. The van der Waals surface area contributed by atoms with E-state index >= 15 is 0 Å². The van der Waals surface area contributed by atoms with Gasteiger partial charge in [0.15, 0.2) is 11.5 Å². The Morgan fingerprint density at radius 1 is 1.25 bits per heavy atom. The minimum Gasteiger partial charge on any atom is -0.486 e. The molecule has 1 aromatic rings. The van der Waals surface area contributed by atoms with Crippen molar-refractivity contribution in [2.75, 3.05) is 13.2 Å². The van der Waals surface area contributed by atoms with Gasteiger partial charge in [0.05, 0.1) is 0 Å². The van der Waals surface area contributed by atoms with Crippen LogP contribution in [-0.4, -0.2) is 19.0 Å². The molecule has 1 aromatic carbocycles. The molecular formula is C13H14O3. The van der Waals surface area contributed by atoms with E-state index in [2.05, 4.69) is 0 Å². The monoisotopic (exact) mass is 218 g/mol. The number of rotatable bonds is 2. The smallest absolute Gasteiger partial charge is 0.161 e. The molecule has 2 unspecified atom stereocenters. The summed E-state index contributed by atoms with van der Waals surface area (Å²) in [4.78, 5) is 11.2. The van der Waals surface area contributed by atoms with Crippen LogP contribution in [-0.2, 0) is 4.79 Å². The Hall–Kier alpha value is -1.51. The first-order chi connectivity index (χ1) is 7.75. The first kappa shape index (κ1) is 9.70. The van der Waals surface area contributed by atoms with E-state index in [-0.39, 0.29) is 5.92 Å². The van der Waals surface area contributed by atoms with Gasteiger partial charge in [-0.1, -0.05) is 6.07 Å². The van der Waals surface area contributed by atoms with Crippen LogP contribution in [0.15, 0.2) is 18.2 Å². The second-order valence-corrected chi connectivity index (χ2v) is 4.46. The van der Waals surface area contributed by atoms with E-state index in [9.17, 15) is 4.79 Å². The highest BCUT2D eigenvalue weighted by atomic mass is 16.6. The van der Waals surface area contributed by atoms with Crippen LogP contribution in [0.2, 0.25) is 0 Å². The van der Waals surface area contributed by atoms with E-state index in [1.54, 1.807) is 6.92 Å². The zero-order valence-electron chi connectivity index (χ0n) is 9.23. The SMILES string of the molecule is CC(=O)C1CC1c1ccc2c(c1)OCCO2. The molecule has 84 valence electrons. The molecule has 0 aromatic heterocycles. The Kier molecular flexibility index (Phi) is 2.13. The first-order valence-corrected chi connectivity index (χ1v) is 5.65. The molecule has 3 rings (SSSR count). The number of fused-ring (bicyclic) bond motifs is 1. The molecule has 0 radical (unpaired) electrons. The topological polar surface area (TPSA) is 35.5 Å². The van der Waals surface area contributed by atoms with E-state index in [1.807, 2.05) is 18.2 Å². The number of hydrogen-bond acceptors (Lipinski definition) is 3. The van der Waals surface area contributed by atoms with Gasteiger partial charge in [0, 0.05) is 5.92 Å². The van der Waals surface area contributed by atoms with Gasteiger partial charge in [-0.25, -0.2) is 0 Å². The molecule has 0 spiro atoms. The molecule has 1 fully saturated rings. The van der Waals surface area contributed by atoms with Crippen molar-refractivity contribution >= 4 is 5.78 Å². The Balaban J connectivity index is 1.85. The molecule has 16 heavy (non-hydrogen) atoms. The fourth-order valence-electron chi connectivity index (χ4n) is 2.30. The Morgan fingerprint density at radius 2 is 2.00 bits per heavy atom. The predicted octanol–water partition coefficient (Wildman–Crippen LogP) is 2.15. The van der Waals surface area contributed by atoms with E-state index in [0.717, 1.165) is 17.9 Å². The van der Waals surface area contributed by atoms with Crippen LogP contribution in [0.4, 0.5) is 0 Å². The van der Waals surface area contributed by atoms with Gasteiger partial charge in [0.1, 0.15) is 19.0 Å². The van der Waals surface area contributed by atoms with Gasteiger partial charge in [-0.3, -0.25) is 4.79 Å². The molecule has 0 amide bonds. The number of ether oxygens (including phenoxy) is 2. The van der Waals surface area contributed by atoms with Crippen molar-refractivity contribution in [3.8, 4) is 11.5 Å². The van der Waals surface area contributed by atoms with Gasteiger partial charge in [0.25, 0.3) is 0 Å². The summed E-state index contributed by atoms with van der Waals surface area (Å²) in [6.07, 6.45) is 0.981. The Bertz CT molecular complexity index is 439. The summed E-state index contributed by atoms with van der Waals surface area (Å²) in [5, 5.41) is 0. The number of carbonyl (C=O) groups is 1. The fourth-order valence-corrected chi connectivity index (χ4v) is 2.30. The zero-order valence-corrected chi connectivity index (χ0v) is 9.23. The largest absolute Gasteiger partial charge is 0.486 e. The van der Waals surface area contributed by atoms with E-state index in [1.165, 1.54) is 5.56 Å². The van der Waals surface area contributed by atoms with Gasteiger partial charge in [-0.05, 0) is 37.0 Å². The normalized spacial score (nSPS) is 26.3. The van der Waals surface area contributed by atoms with Crippen LogP contribution in [0, 0.1) is 5.92 Å². The van der Waals surface area contributed by atoms with Gasteiger partial charge in [0.2, 0.25) is 0 Å². The van der Waals surface area contributed by atoms with E-state index in [0.29, 0.717) is 24.9 Å². The predicted molar refractivity (Wildman–Crippen MR) is 59.0 cm³/mol. The molecule has 2 atom stereocenters. The molecule has 0 bridgehead atoms. The molecule has 0 saturated heterocycles. The van der Waals surface area contributed by atoms with E-state index < -0.39 is 0 Å². The summed E-state index contributed by atoms with van der Waals surface area (Å²) in [5.74, 6) is 2.55. The summed E-state index contributed by atoms with van der Waals surface area (Å²) in [5.41, 5.74) is 1.20. The minimum absolute atomic E-state index is 0.225. The van der Waals surface area contributed by atoms with Crippen LogP contribution in [0.25, 0.3) is 0 Å². The second-order valence-electron chi connectivity index (χ2n) is 4.46. The standard InChI is InChI=1S/C13H14O3/c1-8(14)10-7-11(10)9-2-3-12-13(6-9)16-5-4-15-12/h2-3,6,10-11H,4-5,7H2,1H3. The summed E-state index contributed by atoms with van der Waals surface area (Å²) in [6.45, 7) is 2.89. The quantitative estimate of drug-likeness (QED) is 0.763. The van der Waals surface area contributed by atoms with Crippen LogP contribution in [0.1, 0.15) is 24.8 Å². The van der Waals surface area contributed by atoms with Crippen molar-refractivity contribution in [3.05, 3.63) is 23.8 Å². The van der Waals surface area contributed by atoms with Crippen molar-refractivity contribution in [1.29, 1.82) is 0 Å². The number of Topliss-reactive ketones (excluding diaryl/α,β-unsaturated/α-hetero) is 1. The number of benzene rings is 1. The maximum absolute atomic E-state index is 11.2. The maximum atomic E-state index is 11.2. The third-order valence-electron chi connectivity index (χ3n) is 3.31. The lowest BCUT2D eigenvalue weighted by Gasteiger charge is -2.18. The van der Waals surface area contributed by atoms with Crippen LogP contribution < -0.4 is 9.47 Å². The lowest BCUT2D eigenvalue weighted by Crippen LogP contribution is -2.15. The molecular weight excluding hydrogens is 204 g/mol. The average molecular weight is 218 g/mol. The maximum Gasteiger partial charge on any atom is 0.161 e. The van der Waals surface area contributed by atoms with Gasteiger partial charge in [-0.2, -0.15) is 0 Å². The number of carbonyl (C=O) groups excluding carboxylic acids is 1. The Labute approximate surface area is 94.4 Å². The summed E-state index contributed by atoms with van der Waals surface area (Å²) >= 11 is 0. The van der Waals surface area contributed by atoms with Crippen LogP contribution >= 0.6 is 0 Å². The lowest BCUT2D eigenvalue weighted by molar-refractivity contribution is -0.118. The molecule has 1 aliphatic carbocycles. The van der Waals surface area contributed by atoms with Gasteiger partial charge < -0.3 is 9.47 Å². The number of ketones is 1. The van der Waals surface area contributed by atoms with Gasteiger partial charge >= 0.3 is 0 Å². The first-order valence-electron chi connectivity index (χ1n) is 5.65. The van der Waals surface area contributed by atoms with Crippen molar-refractivity contribution < 1.29 is 14.3 Å². The Morgan fingerprint density at radius 3 is 2.69 bits per heavy atom. The molecule has 0 N–H and O–H groups in total. The summed E-state index contributed by atoms with van der Waals surface area (Å²) in [6, 6.07) is 6.00. The van der Waals surface area contributed by atoms with Crippen LogP contribution in [0.5, 0.6) is 11.5 Å². The van der Waals surface area contributed by atoms with E-state index in [4.69, 9.17) is 9.47 Å². The molecule has 1 heterocycles. The average Bonchev–Trinajstić information content (AvgIpc) is 3.08. The van der Waals surface area contributed by atoms with Crippen molar-refractivity contribution in [3.63, 3.8) is 0 Å². The lowest BCUT2D eigenvalue weighted by atomic mass is 10.1. The summed E-state index contributed by atoms with van der Waals surface area (Å²) < 4.78 is 11.0. The highest BCUT2D eigenvalue weighted by Gasteiger charge is 2.42. The minimum atomic E-state index is 0.225. The van der Waals surface area contributed by atoms with Crippen molar-refractivity contribution in [2.24, 2.45) is 5.92 Å². The number of hydrogen-bond donors (Lipinski definition) is 0. The fraction of sp³-hybridized carbons (Fsp3) is 0.462. The molecule has 1 saturated carbocycles. The van der Waals surface area contributed by atoms with Gasteiger partial charge in [-0.15, -0.1) is 0 Å². The second kappa shape index (κ2) is 3.51. The van der Waals surface area contributed by atoms with Crippen molar-refractivity contribution in [2.45, 2.75) is 19.3 Å². The molecule has 2 aliphatic rings. The zero-order chi connectivity index (χ0) is 11.1. The third kappa shape index (κ3) is 1.56. The summed E-state index contributed by atoms with van der Waals surface area (Å²) in [7, 11) is 0. The highest BCUT2D eigenvalue weighted by molar-refractivity contribution is 5.82. The van der Waals surface area contributed by atoms with Crippen molar-refractivity contribution in [1.82, 2.24) is 0 Å². The third-order valence-corrected chi connectivity index (χ3v) is 3.31. The van der Waals surface area contributed by atoms with Crippen LogP contribution in [0.3, 0.4) is 0 Å². The molecule has 3 heteroatoms. The highest BCUT2D eigenvalue weighted by Crippen LogP contribution is 2.49.